The third-order valence-corrected chi connectivity index (χ3v) is 8.56. The predicted molar refractivity (Wildman–Crippen MR) is 157 cm³/mol. The fourth-order valence-corrected chi connectivity index (χ4v) is 6.11. The number of hydrogen-bond donors (Lipinski definition) is 1. The van der Waals surface area contributed by atoms with Gasteiger partial charge in [-0.1, -0.05) is 60.7 Å². The molecule has 1 N–H and O–H groups in total. The number of carbonyl (C=O) groups is 3. The molecule has 0 radical (unpaired) electrons. The number of ketones is 1. The third kappa shape index (κ3) is 7.83. The zero-order chi connectivity index (χ0) is 30.1. The number of esters is 1. The summed E-state index contributed by atoms with van der Waals surface area (Å²) in [7, 11) is 2.93. The largest absolute Gasteiger partial charge is 0.467 e. The Kier molecular flexibility index (Phi) is 11.3. The molecule has 2 aromatic carbocycles. The monoisotopic (exact) mass is 580 g/mol. The van der Waals surface area contributed by atoms with Crippen LogP contribution in [0.5, 0.6) is 0 Å². The highest BCUT2D eigenvalue weighted by atomic mass is 16.6. The van der Waals surface area contributed by atoms with Crippen LogP contribution in [0, 0.1) is 0 Å². The average Bonchev–Trinajstić information content (AvgIpc) is 3.03. The highest BCUT2D eigenvalue weighted by molar-refractivity contribution is 6.39. The summed E-state index contributed by atoms with van der Waals surface area (Å²) >= 11 is 0. The number of nitrogens with zero attached hydrogens (tertiary/aromatic N) is 2. The summed E-state index contributed by atoms with van der Waals surface area (Å²) in [5.41, 5.74) is 2.37. The number of Topliss-reactive ketones (excluding diaryl/α,β-unsaturated/α-hetero) is 1. The predicted octanol–water partition coefficient (Wildman–Crippen LogP) is 3.86. The summed E-state index contributed by atoms with van der Waals surface area (Å²) in [4.78, 5) is 42.5. The van der Waals surface area contributed by atoms with Crippen LogP contribution in [0.3, 0.4) is 0 Å². The first-order valence-corrected chi connectivity index (χ1v) is 14.9. The Morgan fingerprint density at radius 2 is 1.60 bits per heavy atom. The Morgan fingerprint density at radius 3 is 2.17 bits per heavy atom. The molecule has 9 nitrogen and oxygen atoms in total. The fraction of sp³-hybridized carbons (Fsp3) is 0.545. The van der Waals surface area contributed by atoms with E-state index < -0.39 is 35.6 Å². The smallest absolute Gasteiger partial charge is 0.328 e. The molecule has 0 bridgehead atoms. The van der Waals surface area contributed by atoms with Gasteiger partial charge in [0.15, 0.2) is 0 Å². The van der Waals surface area contributed by atoms with Crippen molar-refractivity contribution in [2.75, 3.05) is 20.8 Å². The van der Waals surface area contributed by atoms with Gasteiger partial charge in [0.2, 0.25) is 5.79 Å². The summed E-state index contributed by atoms with van der Waals surface area (Å²) in [6, 6.07) is 19.7. The van der Waals surface area contributed by atoms with Gasteiger partial charge in [0.05, 0.1) is 19.3 Å². The zero-order valence-corrected chi connectivity index (χ0v) is 24.9. The molecule has 42 heavy (non-hydrogen) atoms. The lowest BCUT2D eigenvalue weighted by atomic mass is 9.92. The van der Waals surface area contributed by atoms with Crippen molar-refractivity contribution in [1.82, 2.24) is 9.80 Å². The molecule has 9 heteroatoms. The minimum Gasteiger partial charge on any atom is -0.467 e. The van der Waals surface area contributed by atoms with E-state index in [-0.39, 0.29) is 25.1 Å². The molecule has 2 aliphatic rings. The third-order valence-electron chi connectivity index (χ3n) is 8.56. The summed E-state index contributed by atoms with van der Waals surface area (Å²) < 4.78 is 16.8. The molecule has 2 aliphatic heterocycles. The van der Waals surface area contributed by atoms with Crippen LogP contribution in [0.4, 0.5) is 0 Å². The summed E-state index contributed by atoms with van der Waals surface area (Å²) in [5.74, 6) is -4.73. The van der Waals surface area contributed by atoms with E-state index in [1.165, 1.54) is 23.1 Å². The number of rotatable bonds is 12. The number of ether oxygens (including phenoxy) is 3. The van der Waals surface area contributed by atoms with Crippen molar-refractivity contribution in [3.8, 4) is 0 Å². The average molecular weight is 581 g/mol. The van der Waals surface area contributed by atoms with E-state index in [4.69, 9.17) is 14.2 Å². The number of piperidine rings is 1. The van der Waals surface area contributed by atoms with Gasteiger partial charge in [-0.3, -0.25) is 14.5 Å². The summed E-state index contributed by atoms with van der Waals surface area (Å²) in [6.45, 7) is 3.81. The molecule has 2 fully saturated rings. The van der Waals surface area contributed by atoms with Crippen LogP contribution in [0.25, 0.3) is 0 Å². The van der Waals surface area contributed by atoms with Gasteiger partial charge in [0.25, 0.3) is 11.7 Å². The Labute approximate surface area is 248 Å². The molecule has 0 aromatic heterocycles. The maximum atomic E-state index is 13.4. The number of amides is 1. The molecule has 2 saturated heterocycles. The summed E-state index contributed by atoms with van der Waals surface area (Å²) in [6.07, 6.45) is 2.70. The van der Waals surface area contributed by atoms with Gasteiger partial charge in [0.1, 0.15) is 6.04 Å². The van der Waals surface area contributed by atoms with Gasteiger partial charge in [0, 0.05) is 45.6 Å². The van der Waals surface area contributed by atoms with Gasteiger partial charge >= 0.3 is 5.97 Å². The summed E-state index contributed by atoms with van der Waals surface area (Å²) in [5, 5.41) is 11.3. The van der Waals surface area contributed by atoms with E-state index in [1.807, 2.05) is 36.4 Å². The minimum atomic E-state index is -2.24. The SMILES string of the molecule is COC(=O)[C@@H]1CCCCN1C(=O)C(=O)[C@@]1(O)CCC[C@@H](C[C@H](OC)[C@@H](C)N(Cc2ccccc2)Cc2ccccc2)O1. The molecule has 228 valence electrons. The second-order valence-corrected chi connectivity index (χ2v) is 11.4. The molecule has 0 saturated carbocycles. The van der Waals surface area contributed by atoms with Gasteiger partial charge < -0.3 is 24.2 Å². The van der Waals surface area contributed by atoms with Crippen molar-refractivity contribution in [1.29, 1.82) is 0 Å². The molecule has 2 aromatic rings. The van der Waals surface area contributed by atoms with Crippen molar-refractivity contribution in [3.05, 3.63) is 71.8 Å². The van der Waals surface area contributed by atoms with E-state index in [2.05, 4.69) is 36.1 Å². The minimum absolute atomic E-state index is 0.0200. The lowest BCUT2D eigenvalue weighted by Crippen LogP contribution is -2.58. The Hall–Kier alpha value is -3.11. The second-order valence-electron chi connectivity index (χ2n) is 11.4. The van der Waals surface area contributed by atoms with E-state index in [0.717, 1.165) is 19.5 Å². The molecular weight excluding hydrogens is 536 g/mol. The van der Waals surface area contributed by atoms with E-state index >= 15 is 0 Å². The standard InChI is InChI=1S/C33H44N2O7/c1-24(34(22-25-13-6-4-7-14-25)23-26-15-8-5-9-16-26)29(40-2)21-27-17-12-19-33(39,42-27)30(36)31(37)35-20-11-10-18-28(35)32(38)41-3/h4-9,13-16,24,27-29,39H,10-12,17-23H2,1-3H3/t24-,27+,28+,29+,33-/m1/s1. The molecule has 1 amide bonds. The molecular formula is C33H44N2O7. The lowest BCUT2D eigenvalue weighted by Gasteiger charge is -2.40. The molecule has 5 atom stereocenters. The first kappa shape index (κ1) is 31.8. The van der Waals surface area contributed by atoms with Gasteiger partial charge in [-0.15, -0.1) is 0 Å². The molecule has 2 heterocycles. The molecule has 0 unspecified atom stereocenters. The van der Waals surface area contributed by atoms with E-state index in [9.17, 15) is 19.5 Å². The lowest BCUT2D eigenvalue weighted by molar-refractivity contribution is -0.246. The van der Waals surface area contributed by atoms with Gasteiger partial charge in [-0.2, -0.15) is 0 Å². The fourth-order valence-electron chi connectivity index (χ4n) is 6.11. The maximum Gasteiger partial charge on any atom is 0.328 e. The Balaban J connectivity index is 1.45. The van der Waals surface area contributed by atoms with Crippen molar-refractivity contribution >= 4 is 17.7 Å². The number of carbonyl (C=O) groups excluding carboxylic acids is 3. The van der Waals surface area contributed by atoms with Crippen LogP contribution in [0.15, 0.2) is 60.7 Å². The first-order chi connectivity index (χ1) is 20.3. The Bertz CT molecular complexity index is 1140. The van der Waals surface area contributed by atoms with Crippen LogP contribution in [-0.2, 0) is 41.7 Å². The topological polar surface area (TPSA) is 106 Å². The number of hydrogen-bond acceptors (Lipinski definition) is 8. The molecule has 4 rings (SSSR count). The number of benzene rings is 2. The van der Waals surface area contributed by atoms with Gasteiger partial charge in [-0.25, -0.2) is 4.79 Å². The van der Waals surface area contributed by atoms with Crippen LogP contribution in [0.1, 0.15) is 63.0 Å². The maximum absolute atomic E-state index is 13.4. The Morgan fingerprint density at radius 1 is 0.976 bits per heavy atom. The van der Waals surface area contributed by atoms with Crippen LogP contribution in [0.2, 0.25) is 0 Å². The highest BCUT2D eigenvalue weighted by Gasteiger charge is 2.49. The zero-order valence-electron chi connectivity index (χ0n) is 24.9. The number of methoxy groups -OCH3 is 2. The van der Waals surface area contributed by atoms with Crippen LogP contribution >= 0.6 is 0 Å². The van der Waals surface area contributed by atoms with Crippen molar-refractivity contribution in [2.24, 2.45) is 0 Å². The number of likely N-dealkylation sites (tertiary alicyclic amines) is 1. The quantitative estimate of drug-likeness (QED) is 0.298. The van der Waals surface area contributed by atoms with Crippen molar-refractivity contribution < 1.29 is 33.7 Å². The van der Waals surface area contributed by atoms with Gasteiger partial charge in [-0.05, 0) is 50.2 Å². The van der Waals surface area contributed by atoms with E-state index in [0.29, 0.717) is 32.1 Å². The highest BCUT2D eigenvalue weighted by Crippen LogP contribution is 2.32. The number of aliphatic hydroxyl groups is 1. The van der Waals surface area contributed by atoms with E-state index in [1.54, 1.807) is 7.11 Å². The molecule has 0 spiro atoms. The second kappa shape index (κ2) is 14.9. The first-order valence-electron chi connectivity index (χ1n) is 14.9. The molecule has 0 aliphatic carbocycles. The van der Waals surface area contributed by atoms with Crippen molar-refractivity contribution in [3.63, 3.8) is 0 Å². The van der Waals surface area contributed by atoms with Crippen LogP contribution < -0.4 is 0 Å². The van der Waals surface area contributed by atoms with Crippen LogP contribution in [-0.4, -0.2) is 83.4 Å². The normalized spacial score (nSPS) is 24.2. The van der Waals surface area contributed by atoms with Crippen molar-refractivity contribution in [2.45, 2.75) is 95.0 Å².